The van der Waals surface area contributed by atoms with Gasteiger partial charge in [0.1, 0.15) is 10.6 Å². The molecule has 1 aliphatic rings. The normalized spacial score (nSPS) is 15.2. The number of hydrogen-bond donors (Lipinski definition) is 1. The Balaban J connectivity index is 2.07. The van der Waals surface area contributed by atoms with Gasteiger partial charge in [0, 0.05) is 11.0 Å². The van der Waals surface area contributed by atoms with Crippen molar-refractivity contribution in [3.05, 3.63) is 34.3 Å². The first-order valence-corrected chi connectivity index (χ1v) is 8.81. The van der Waals surface area contributed by atoms with Crippen molar-refractivity contribution in [2.24, 2.45) is 0 Å². The maximum Gasteiger partial charge on any atom is 0.244 e. The molecule has 1 aliphatic carbocycles. The zero-order valence-corrected chi connectivity index (χ0v) is 13.8. The first-order valence-electron chi connectivity index (χ1n) is 6.54. The van der Waals surface area contributed by atoms with Crippen LogP contribution in [0.3, 0.4) is 0 Å². The summed E-state index contributed by atoms with van der Waals surface area (Å²) < 4.78 is 33.1. The molecule has 0 saturated carbocycles. The lowest BCUT2D eigenvalue weighted by Gasteiger charge is -2.11. The van der Waals surface area contributed by atoms with Crippen molar-refractivity contribution in [3.8, 4) is 5.75 Å². The Kier molecular flexibility index (Phi) is 5.23. The van der Waals surface area contributed by atoms with Gasteiger partial charge in [0.25, 0.3) is 0 Å². The third-order valence-corrected chi connectivity index (χ3v) is 5.26. The molecule has 2 rings (SSSR count). The summed E-state index contributed by atoms with van der Waals surface area (Å²) in [5, 5.41) is 0. The number of allylic oxidation sites excluding steroid dienone is 1. The molecule has 110 valence electrons. The van der Waals surface area contributed by atoms with E-state index in [1.807, 2.05) is 0 Å². The van der Waals surface area contributed by atoms with Crippen LogP contribution in [0.15, 0.2) is 39.2 Å². The molecule has 20 heavy (non-hydrogen) atoms. The highest BCUT2D eigenvalue weighted by Gasteiger charge is 2.19. The van der Waals surface area contributed by atoms with Gasteiger partial charge in [-0.15, -0.1) is 0 Å². The molecule has 0 saturated heterocycles. The molecule has 0 aliphatic heterocycles. The van der Waals surface area contributed by atoms with Crippen LogP contribution in [-0.2, 0) is 10.0 Å². The maximum absolute atomic E-state index is 12.3. The van der Waals surface area contributed by atoms with Crippen LogP contribution in [0.25, 0.3) is 0 Å². The van der Waals surface area contributed by atoms with E-state index in [-0.39, 0.29) is 4.90 Å². The van der Waals surface area contributed by atoms with E-state index in [0.29, 0.717) is 16.8 Å². The minimum atomic E-state index is -3.55. The fourth-order valence-electron chi connectivity index (χ4n) is 2.25. The minimum absolute atomic E-state index is 0.162. The van der Waals surface area contributed by atoms with E-state index in [2.05, 4.69) is 26.7 Å². The molecule has 0 heterocycles. The monoisotopic (exact) mass is 359 g/mol. The Hall–Kier alpha value is -0.850. The van der Waals surface area contributed by atoms with E-state index in [0.717, 1.165) is 19.3 Å². The third kappa shape index (κ3) is 3.84. The van der Waals surface area contributed by atoms with Crippen molar-refractivity contribution >= 4 is 26.0 Å². The molecule has 0 radical (unpaired) electrons. The van der Waals surface area contributed by atoms with Crippen molar-refractivity contribution in [2.75, 3.05) is 13.7 Å². The molecule has 0 spiro atoms. The van der Waals surface area contributed by atoms with Crippen molar-refractivity contribution < 1.29 is 13.2 Å². The molecule has 1 N–H and O–H groups in total. The van der Waals surface area contributed by atoms with Gasteiger partial charge in [-0.1, -0.05) is 27.6 Å². The summed E-state index contributed by atoms with van der Waals surface area (Å²) in [6.45, 7) is 0.420. The first-order chi connectivity index (χ1) is 9.53. The van der Waals surface area contributed by atoms with Crippen molar-refractivity contribution in [2.45, 2.75) is 30.6 Å². The molecule has 0 bridgehead atoms. The summed E-state index contributed by atoms with van der Waals surface area (Å²) in [4.78, 5) is 0.162. The highest BCUT2D eigenvalue weighted by molar-refractivity contribution is 9.10. The largest absolute Gasteiger partial charge is 0.495 e. The van der Waals surface area contributed by atoms with E-state index in [1.165, 1.54) is 19.1 Å². The van der Waals surface area contributed by atoms with Gasteiger partial charge in [-0.2, -0.15) is 0 Å². The molecule has 0 aromatic heterocycles. The maximum atomic E-state index is 12.3. The Bertz CT molecular complexity index is 611. The van der Waals surface area contributed by atoms with E-state index >= 15 is 0 Å². The van der Waals surface area contributed by atoms with E-state index < -0.39 is 10.0 Å². The summed E-state index contributed by atoms with van der Waals surface area (Å²) in [6.07, 6.45) is 6.36. The molecule has 0 unspecified atom stereocenters. The van der Waals surface area contributed by atoms with Gasteiger partial charge in [0.15, 0.2) is 0 Å². The fraction of sp³-hybridized carbons (Fsp3) is 0.429. The third-order valence-electron chi connectivity index (χ3n) is 3.29. The lowest BCUT2D eigenvalue weighted by molar-refractivity contribution is 0.402. The zero-order valence-electron chi connectivity index (χ0n) is 11.4. The average molecular weight is 360 g/mol. The topological polar surface area (TPSA) is 55.4 Å². The van der Waals surface area contributed by atoms with Gasteiger partial charge in [0.2, 0.25) is 10.0 Å². The highest BCUT2D eigenvalue weighted by atomic mass is 79.9. The number of nitrogens with one attached hydrogen (secondary N) is 1. The van der Waals surface area contributed by atoms with Gasteiger partial charge in [-0.3, -0.25) is 0 Å². The van der Waals surface area contributed by atoms with Crippen LogP contribution in [0.1, 0.15) is 25.7 Å². The van der Waals surface area contributed by atoms with Gasteiger partial charge in [-0.05, 0) is 43.9 Å². The molecule has 0 atom stereocenters. The van der Waals surface area contributed by atoms with Crippen molar-refractivity contribution in [1.29, 1.82) is 0 Å². The quantitative estimate of drug-likeness (QED) is 0.793. The van der Waals surface area contributed by atoms with Crippen molar-refractivity contribution in [3.63, 3.8) is 0 Å². The first kappa shape index (κ1) is 15.5. The van der Waals surface area contributed by atoms with Crippen LogP contribution >= 0.6 is 15.9 Å². The molecule has 0 amide bonds. The zero-order chi connectivity index (χ0) is 14.6. The van der Waals surface area contributed by atoms with Crippen LogP contribution in [0.4, 0.5) is 0 Å². The molecule has 4 nitrogen and oxygen atoms in total. The summed E-state index contributed by atoms with van der Waals surface area (Å²) in [7, 11) is -2.09. The summed E-state index contributed by atoms with van der Waals surface area (Å²) in [6, 6.07) is 4.94. The molecule has 1 aromatic carbocycles. The number of rotatable bonds is 6. The van der Waals surface area contributed by atoms with Crippen LogP contribution in [0.5, 0.6) is 5.75 Å². The average Bonchev–Trinajstić information content (AvgIpc) is 2.91. The second-order valence-corrected chi connectivity index (χ2v) is 7.35. The van der Waals surface area contributed by atoms with E-state index in [4.69, 9.17) is 4.74 Å². The van der Waals surface area contributed by atoms with Gasteiger partial charge >= 0.3 is 0 Å². The van der Waals surface area contributed by atoms with Crippen LogP contribution in [-0.4, -0.2) is 22.1 Å². The van der Waals surface area contributed by atoms with E-state index in [1.54, 1.807) is 18.2 Å². The predicted octanol–water partition coefficient (Wildman–Crippen LogP) is 3.24. The van der Waals surface area contributed by atoms with Crippen LogP contribution < -0.4 is 9.46 Å². The standard InChI is InChI=1S/C14H18BrNO3S/c1-19-13-7-6-12(15)10-14(13)20(17,18)16-9-8-11-4-2-3-5-11/h4,6-7,10,16H,2-3,5,8-9H2,1H3. The SMILES string of the molecule is COc1ccc(Br)cc1S(=O)(=O)NCCC1=CCCC1. The second-order valence-electron chi connectivity index (χ2n) is 4.70. The summed E-state index contributed by atoms with van der Waals surface area (Å²) in [5.41, 5.74) is 1.34. The number of halogens is 1. The molecule has 0 fully saturated rings. The molecular formula is C14H18BrNO3S. The minimum Gasteiger partial charge on any atom is -0.495 e. The number of hydrogen-bond acceptors (Lipinski definition) is 3. The molecular weight excluding hydrogens is 342 g/mol. The highest BCUT2D eigenvalue weighted by Crippen LogP contribution is 2.27. The smallest absolute Gasteiger partial charge is 0.244 e. The Labute approximate surface area is 128 Å². The lowest BCUT2D eigenvalue weighted by atomic mass is 10.2. The molecule has 1 aromatic rings. The van der Waals surface area contributed by atoms with Crippen LogP contribution in [0, 0.1) is 0 Å². The van der Waals surface area contributed by atoms with Crippen LogP contribution in [0.2, 0.25) is 0 Å². The van der Waals surface area contributed by atoms with E-state index in [9.17, 15) is 8.42 Å². The van der Waals surface area contributed by atoms with Gasteiger partial charge in [0.05, 0.1) is 7.11 Å². The summed E-state index contributed by atoms with van der Waals surface area (Å²) >= 11 is 3.28. The molecule has 6 heteroatoms. The Morgan fingerprint density at radius 1 is 1.40 bits per heavy atom. The number of methoxy groups -OCH3 is 1. The predicted molar refractivity (Wildman–Crippen MR) is 82.4 cm³/mol. The number of benzene rings is 1. The fourth-order valence-corrected chi connectivity index (χ4v) is 3.99. The summed E-state index contributed by atoms with van der Waals surface area (Å²) in [5.74, 6) is 0.348. The number of ether oxygens (including phenoxy) is 1. The lowest BCUT2D eigenvalue weighted by Crippen LogP contribution is -2.25. The van der Waals surface area contributed by atoms with Gasteiger partial charge < -0.3 is 4.74 Å². The Morgan fingerprint density at radius 2 is 2.20 bits per heavy atom. The van der Waals surface area contributed by atoms with Crippen molar-refractivity contribution in [1.82, 2.24) is 4.72 Å². The Morgan fingerprint density at radius 3 is 2.85 bits per heavy atom. The number of sulfonamides is 1. The second kappa shape index (κ2) is 6.74. The van der Waals surface area contributed by atoms with Gasteiger partial charge in [-0.25, -0.2) is 13.1 Å².